The Morgan fingerprint density at radius 3 is 2.48 bits per heavy atom. The zero-order valence-corrected chi connectivity index (χ0v) is 19.3. The van der Waals surface area contributed by atoms with Gasteiger partial charge in [-0.15, -0.1) is 0 Å². The first-order valence-corrected chi connectivity index (χ1v) is 12.1. The number of nitrogens with one attached hydrogen (secondary N) is 2. The van der Waals surface area contributed by atoms with Crippen LogP contribution in [-0.2, 0) is 6.42 Å². The summed E-state index contributed by atoms with van der Waals surface area (Å²) in [4.78, 5) is 14.4. The summed E-state index contributed by atoms with van der Waals surface area (Å²) in [5.41, 5.74) is 1.35. The Kier molecular flexibility index (Phi) is 7.57. The fourth-order valence-corrected chi connectivity index (χ4v) is 4.62. The lowest BCUT2D eigenvalue weighted by molar-refractivity contribution is 0.444. The molecule has 0 amide bonds. The second-order valence-electron chi connectivity index (χ2n) is 8.77. The monoisotopic (exact) mass is 438 g/mol. The molecule has 7 heteroatoms. The van der Waals surface area contributed by atoms with Crippen LogP contribution in [0.25, 0.3) is 0 Å². The Morgan fingerprint density at radius 2 is 1.74 bits per heavy atom. The molecule has 2 aliphatic rings. The van der Waals surface area contributed by atoms with Crippen LogP contribution in [0.5, 0.6) is 0 Å². The van der Waals surface area contributed by atoms with Gasteiger partial charge in [-0.05, 0) is 62.2 Å². The molecular formula is C24H34N6S. The van der Waals surface area contributed by atoms with Crippen LogP contribution in [0.15, 0.2) is 36.4 Å². The topological polar surface area (TPSA) is 56.3 Å². The van der Waals surface area contributed by atoms with Crippen molar-refractivity contribution in [2.24, 2.45) is 5.92 Å². The lowest BCUT2D eigenvalue weighted by atomic mass is 10.0. The predicted molar refractivity (Wildman–Crippen MR) is 133 cm³/mol. The highest BCUT2D eigenvalue weighted by atomic mass is 32.1. The van der Waals surface area contributed by atoms with E-state index in [4.69, 9.17) is 22.2 Å². The van der Waals surface area contributed by atoms with E-state index in [9.17, 15) is 0 Å². The molecule has 4 rings (SSSR count). The summed E-state index contributed by atoms with van der Waals surface area (Å²) in [6.45, 7) is 7.38. The summed E-state index contributed by atoms with van der Waals surface area (Å²) in [7, 11) is 0. The molecule has 0 unspecified atom stereocenters. The van der Waals surface area contributed by atoms with Crippen LogP contribution in [0.3, 0.4) is 0 Å². The van der Waals surface area contributed by atoms with Crippen LogP contribution in [0.4, 0.5) is 17.6 Å². The minimum atomic E-state index is 0.588. The molecule has 0 bridgehead atoms. The van der Waals surface area contributed by atoms with Gasteiger partial charge >= 0.3 is 0 Å². The number of rotatable bonds is 7. The van der Waals surface area contributed by atoms with Gasteiger partial charge in [0.25, 0.3) is 0 Å². The summed E-state index contributed by atoms with van der Waals surface area (Å²) in [5, 5.41) is 7.14. The minimum Gasteiger partial charge on any atom is -0.362 e. The van der Waals surface area contributed by atoms with E-state index in [1.54, 1.807) is 0 Å². The number of nitrogens with zero attached hydrogens (tertiary/aromatic N) is 4. The lowest BCUT2D eigenvalue weighted by Crippen LogP contribution is -2.36. The maximum atomic E-state index is 5.53. The molecule has 2 aromatic rings. The van der Waals surface area contributed by atoms with E-state index in [1.807, 2.05) is 0 Å². The SMILES string of the molecule is C[C@@H]1CCCN(c2cc(N3CCCC3)nc(NC(=S)NCCCc3ccccc3)n2)C1. The van der Waals surface area contributed by atoms with E-state index in [2.05, 4.69) is 63.8 Å². The molecule has 2 N–H and O–H groups in total. The molecule has 31 heavy (non-hydrogen) atoms. The fraction of sp³-hybridized carbons (Fsp3) is 0.542. The van der Waals surface area contributed by atoms with Crippen molar-refractivity contribution in [3.63, 3.8) is 0 Å². The van der Waals surface area contributed by atoms with Crippen molar-refractivity contribution in [2.45, 2.75) is 45.4 Å². The molecule has 2 fully saturated rings. The van der Waals surface area contributed by atoms with E-state index >= 15 is 0 Å². The Balaban J connectivity index is 1.38. The normalized spacial score (nSPS) is 18.8. The number of piperidine rings is 1. The number of aryl methyl sites for hydroxylation is 1. The zero-order valence-electron chi connectivity index (χ0n) is 18.5. The van der Waals surface area contributed by atoms with Gasteiger partial charge in [0, 0.05) is 38.8 Å². The van der Waals surface area contributed by atoms with Gasteiger partial charge in [-0.3, -0.25) is 0 Å². The molecule has 6 nitrogen and oxygen atoms in total. The number of aromatic nitrogens is 2. The third kappa shape index (κ3) is 6.29. The van der Waals surface area contributed by atoms with Crippen molar-refractivity contribution >= 4 is 34.9 Å². The number of hydrogen-bond acceptors (Lipinski definition) is 5. The van der Waals surface area contributed by atoms with Gasteiger partial charge in [0.15, 0.2) is 5.11 Å². The van der Waals surface area contributed by atoms with Crippen LogP contribution in [0, 0.1) is 5.92 Å². The molecule has 1 aromatic heterocycles. The van der Waals surface area contributed by atoms with Gasteiger partial charge < -0.3 is 20.4 Å². The lowest BCUT2D eigenvalue weighted by Gasteiger charge is -2.32. The minimum absolute atomic E-state index is 0.588. The third-order valence-electron chi connectivity index (χ3n) is 6.11. The molecule has 2 saturated heterocycles. The molecule has 0 saturated carbocycles. The number of benzene rings is 1. The number of anilines is 3. The molecule has 0 aliphatic carbocycles. The number of thiocarbonyl (C=S) groups is 1. The highest BCUT2D eigenvalue weighted by Gasteiger charge is 2.22. The predicted octanol–water partition coefficient (Wildman–Crippen LogP) is 4.23. The fourth-order valence-electron chi connectivity index (χ4n) is 4.43. The molecule has 1 aromatic carbocycles. The first-order valence-electron chi connectivity index (χ1n) is 11.6. The maximum Gasteiger partial charge on any atom is 0.232 e. The molecule has 0 radical (unpaired) electrons. The average molecular weight is 439 g/mol. The van der Waals surface area contributed by atoms with E-state index in [1.165, 1.54) is 31.2 Å². The Bertz CT molecular complexity index is 852. The van der Waals surface area contributed by atoms with Gasteiger partial charge in [-0.1, -0.05) is 37.3 Å². The molecule has 2 aliphatic heterocycles. The Morgan fingerprint density at radius 1 is 1.03 bits per heavy atom. The van der Waals surface area contributed by atoms with E-state index in [0.717, 1.165) is 57.2 Å². The first-order chi connectivity index (χ1) is 15.2. The molecule has 0 spiro atoms. The highest BCUT2D eigenvalue weighted by Crippen LogP contribution is 2.27. The Labute approximate surface area is 191 Å². The van der Waals surface area contributed by atoms with Crippen molar-refractivity contribution in [1.29, 1.82) is 0 Å². The highest BCUT2D eigenvalue weighted by molar-refractivity contribution is 7.80. The van der Waals surface area contributed by atoms with E-state index < -0.39 is 0 Å². The average Bonchev–Trinajstić information content (AvgIpc) is 3.32. The molecular weight excluding hydrogens is 404 g/mol. The quantitative estimate of drug-likeness (QED) is 0.495. The summed E-state index contributed by atoms with van der Waals surface area (Å²) in [6, 6.07) is 12.7. The zero-order chi connectivity index (χ0) is 21.5. The molecule has 166 valence electrons. The van der Waals surface area contributed by atoms with Crippen molar-refractivity contribution in [1.82, 2.24) is 15.3 Å². The van der Waals surface area contributed by atoms with Gasteiger partial charge in [-0.25, -0.2) is 0 Å². The molecule has 3 heterocycles. The standard InChI is InChI=1S/C24H34N6S/c1-19-9-8-16-30(18-19)22-17-21(29-14-5-6-15-29)26-23(27-22)28-24(31)25-13-7-12-20-10-3-2-4-11-20/h2-4,10-11,17,19H,5-9,12-16,18H2,1H3,(H2,25,26,27,28,31)/t19-/m1/s1. The van der Waals surface area contributed by atoms with E-state index in [0.29, 0.717) is 17.0 Å². The van der Waals surface area contributed by atoms with Crippen LogP contribution in [0.2, 0.25) is 0 Å². The van der Waals surface area contributed by atoms with Crippen LogP contribution < -0.4 is 20.4 Å². The van der Waals surface area contributed by atoms with Crippen molar-refractivity contribution in [2.75, 3.05) is 47.8 Å². The van der Waals surface area contributed by atoms with Gasteiger partial charge in [0.05, 0.1) is 0 Å². The van der Waals surface area contributed by atoms with E-state index in [-0.39, 0.29) is 0 Å². The van der Waals surface area contributed by atoms with Gasteiger partial charge in [0.2, 0.25) is 5.95 Å². The maximum absolute atomic E-state index is 5.53. The first kappa shape index (κ1) is 21.8. The molecule has 1 atom stereocenters. The van der Waals surface area contributed by atoms with Crippen LogP contribution in [0.1, 0.15) is 44.6 Å². The van der Waals surface area contributed by atoms with Gasteiger partial charge in [0.1, 0.15) is 11.6 Å². The summed E-state index contributed by atoms with van der Waals surface area (Å²) < 4.78 is 0. The second-order valence-corrected chi connectivity index (χ2v) is 9.17. The number of hydrogen-bond donors (Lipinski definition) is 2. The second kappa shape index (κ2) is 10.8. The third-order valence-corrected chi connectivity index (χ3v) is 6.35. The largest absolute Gasteiger partial charge is 0.362 e. The smallest absolute Gasteiger partial charge is 0.232 e. The summed E-state index contributed by atoms with van der Waals surface area (Å²) in [5.74, 6) is 3.31. The van der Waals surface area contributed by atoms with Crippen LogP contribution >= 0.6 is 12.2 Å². The van der Waals surface area contributed by atoms with Crippen molar-refractivity contribution in [3.8, 4) is 0 Å². The van der Waals surface area contributed by atoms with Gasteiger partial charge in [-0.2, -0.15) is 9.97 Å². The van der Waals surface area contributed by atoms with Crippen molar-refractivity contribution < 1.29 is 0 Å². The van der Waals surface area contributed by atoms with Crippen LogP contribution in [-0.4, -0.2) is 47.8 Å². The summed E-state index contributed by atoms with van der Waals surface area (Å²) in [6.07, 6.45) is 7.03. The Hall–Kier alpha value is -2.41. The summed E-state index contributed by atoms with van der Waals surface area (Å²) >= 11 is 5.53. The van der Waals surface area contributed by atoms with Crippen molar-refractivity contribution in [3.05, 3.63) is 42.0 Å².